The molecule has 6 aromatic rings. The molecule has 0 fully saturated rings. The van der Waals surface area contributed by atoms with E-state index >= 15 is 0 Å². The lowest BCUT2D eigenvalue weighted by Crippen LogP contribution is -2.31. The minimum atomic E-state index is 0.254. The predicted octanol–water partition coefficient (Wildman–Crippen LogP) is 9.60. The fraction of sp³-hybridized carbons (Fsp3) is 0.273. The Labute approximate surface area is 309 Å². The number of nitrogens with one attached hydrogen (secondary N) is 1. The van der Waals surface area contributed by atoms with Crippen LogP contribution in [0.5, 0.6) is 23.0 Å². The Morgan fingerprint density at radius 2 is 1.08 bits per heavy atom. The van der Waals surface area contributed by atoms with Crippen molar-refractivity contribution in [3.8, 4) is 23.0 Å². The Kier molecular flexibility index (Phi) is 10.8. The number of fused-ring (bicyclic) bond motifs is 4. The normalized spacial score (nSPS) is 16.8. The van der Waals surface area contributed by atoms with Crippen LogP contribution in [0.3, 0.4) is 0 Å². The van der Waals surface area contributed by atoms with Crippen molar-refractivity contribution in [2.45, 2.75) is 37.8 Å². The van der Waals surface area contributed by atoms with Gasteiger partial charge in [-0.05, 0) is 111 Å². The second-order valence-corrected chi connectivity index (χ2v) is 14.1. The van der Waals surface area contributed by atoms with Crippen LogP contribution < -0.4 is 24.3 Å². The quantitative estimate of drug-likeness (QED) is 0.157. The first-order chi connectivity index (χ1) is 25.0. The van der Waals surface area contributed by atoms with Crippen molar-refractivity contribution in [1.29, 1.82) is 0 Å². The number of benzene rings is 6. The Morgan fingerprint density at radius 3 is 1.67 bits per heavy atom. The predicted molar refractivity (Wildman–Crippen MR) is 211 cm³/mol. The molecule has 2 aliphatic heterocycles. The van der Waals surface area contributed by atoms with E-state index in [1.54, 1.807) is 28.4 Å². The third-order valence-corrected chi connectivity index (χ3v) is 11.2. The number of rotatable bonds is 8. The third kappa shape index (κ3) is 7.29. The van der Waals surface area contributed by atoms with E-state index in [2.05, 4.69) is 135 Å². The maximum atomic E-state index is 5.55. The average Bonchev–Trinajstić information content (AvgIpc) is 3.18. The standard InChI is InChI=1S/C22H22BrNO2.C22H23NO2/c1-25-21-13-17-10-11-24(23)20(19(17)14-22(21)26-2)12-16-8-5-7-15-6-3-4-9-18(15)16;1-24-21-13-17-10-11-23-20(19(17)14-22(21)25-2)12-16-8-5-7-15-6-3-4-9-18(15)16/h3-9,13-14,20H,10-12H2,1-2H3;3-9,13-14,20,23H,10-12H2,1-2H3/t2*20-/m00/s1. The van der Waals surface area contributed by atoms with E-state index in [0.29, 0.717) is 0 Å². The summed E-state index contributed by atoms with van der Waals surface area (Å²) in [6.45, 7) is 1.95. The van der Waals surface area contributed by atoms with Gasteiger partial charge in [0.25, 0.3) is 0 Å². The van der Waals surface area contributed by atoms with Crippen molar-refractivity contribution < 1.29 is 18.9 Å². The van der Waals surface area contributed by atoms with Crippen LogP contribution in [-0.2, 0) is 25.7 Å². The van der Waals surface area contributed by atoms with Gasteiger partial charge in [-0.15, -0.1) is 0 Å². The smallest absolute Gasteiger partial charge is 0.161 e. The van der Waals surface area contributed by atoms with E-state index in [1.165, 1.54) is 54.9 Å². The number of hydrogen-bond acceptors (Lipinski definition) is 6. The number of methoxy groups -OCH3 is 4. The van der Waals surface area contributed by atoms with Crippen molar-refractivity contribution in [1.82, 2.24) is 9.24 Å². The second-order valence-electron chi connectivity index (χ2n) is 13.1. The molecule has 0 saturated carbocycles. The molecular weight excluding hydrogens is 700 g/mol. The highest BCUT2D eigenvalue weighted by Gasteiger charge is 2.29. The molecular formula is C44H45BrN2O4. The molecule has 0 aromatic heterocycles. The molecule has 0 saturated heterocycles. The zero-order chi connectivity index (χ0) is 35.3. The molecule has 2 aliphatic rings. The Balaban J connectivity index is 0.000000159. The van der Waals surface area contributed by atoms with Crippen LogP contribution in [0.15, 0.2) is 109 Å². The maximum Gasteiger partial charge on any atom is 0.161 e. The van der Waals surface area contributed by atoms with E-state index in [0.717, 1.165) is 61.8 Å². The molecule has 0 radical (unpaired) electrons. The zero-order valence-electron chi connectivity index (χ0n) is 29.7. The van der Waals surface area contributed by atoms with Gasteiger partial charge in [-0.2, -0.15) is 0 Å². The summed E-state index contributed by atoms with van der Waals surface area (Å²) in [5.74, 6) is 3.20. The minimum absolute atomic E-state index is 0.254. The van der Waals surface area contributed by atoms with Gasteiger partial charge in [0.05, 0.1) is 28.4 Å². The zero-order valence-corrected chi connectivity index (χ0v) is 31.3. The molecule has 6 aromatic carbocycles. The molecule has 7 heteroatoms. The molecule has 0 unspecified atom stereocenters. The van der Waals surface area contributed by atoms with Gasteiger partial charge in [-0.3, -0.25) is 0 Å². The van der Waals surface area contributed by atoms with E-state index in [1.807, 2.05) is 0 Å². The SMILES string of the molecule is COc1cc2c(cc1OC)[C@H](Cc1cccc3ccccc13)N(Br)CC2.COc1cc2c(cc1OC)[C@H](Cc1cccc3ccccc13)NCC2. The summed E-state index contributed by atoms with van der Waals surface area (Å²) in [5.41, 5.74) is 8.04. The number of ether oxygens (including phenoxy) is 4. The molecule has 6 nitrogen and oxygen atoms in total. The summed E-state index contributed by atoms with van der Waals surface area (Å²) in [6, 6.07) is 39.4. The van der Waals surface area contributed by atoms with Crippen molar-refractivity contribution >= 4 is 37.7 Å². The summed E-state index contributed by atoms with van der Waals surface area (Å²) in [4.78, 5) is 0. The van der Waals surface area contributed by atoms with Crippen LogP contribution in [0, 0.1) is 0 Å². The molecule has 51 heavy (non-hydrogen) atoms. The van der Waals surface area contributed by atoms with Gasteiger partial charge < -0.3 is 24.3 Å². The van der Waals surface area contributed by atoms with Crippen LogP contribution in [0.1, 0.15) is 45.5 Å². The fourth-order valence-corrected chi connectivity index (χ4v) is 8.27. The van der Waals surface area contributed by atoms with Crippen molar-refractivity contribution in [3.05, 3.63) is 143 Å². The third-order valence-electron chi connectivity index (χ3n) is 10.3. The fourth-order valence-electron chi connectivity index (χ4n) is 7.73. The lowest BCUT2D eigenvalue weighted by Gasteiger charge is -2.34. The lowest BCUT2D eigenvalue weighted by molar-refractivity contribution is 0.334. The van der Waals surface area contributed by atoms with Gasteiger partial charge in [0.1, 0.15) is 0 Å². The van der Waals surface area contributed by atoms with Gasteiger partial charge in [-0.1, -0.05) is 84.9 Å². The lowest BCUT2D eigenvalue weighted by atomic mass is 9.88. The van der Waals surface area contributed by atoms with Crippen LogP contribution >= 0.6 is 16.1 Å². The highest BCUT2D eigenvalue weighted by atomic mass is 79.9. The second kappa shape index (κ2) is 15.8. The number of hydrogen-bond donors (Lipinski definition) is 1. The van der Waals surface area contributed by atoms with E-state index in [4.69, 9.17) is 18.9 Å². The maximum absolute atomic E-state index is 5.55. The van der Waals surface area contributed by atoms with Crippen molar-refractivity contribution in [2.24, 2.45) is 0 Å². The highest BCUT2D eigenvalue weighted by Crippen LogP contribution is 2.41. The molecule has 1 N–H and O–H groups in total. The van der Waals surface area contributed by atoms with Gasteiger partial charge in [-0.25, -0.2) is 3.93 Å². The average molecular weight is 746 g/mol. The monoisotopic (exact) mass is 744 g/mol. The Hall–Kier alpha value is -4.56. The Bertz CT molecular complexity index is 2140. The van der Waals surface area contributed by atoms with Crippen LogP contribution in [-0.4, -0.2) is 45.5 Å². The van der Waals surface area contributed by atoms with E-state index < -0.39 is 0 Å². The molecule has 2 atom stereocenters. The van der Waals surface area contributed by atoms with Crippen molar-refractivity contribution in [3.63, 3.8) is 0 Å². The van der Waals surface area contributed by atoms with Crippen LogP contribution in [0.2, 0.25) is 0 Å². The highest BCUT2D eigenvalue weighted by molar-refractivity contribution is 9.07. The van der Waals surface area contributed by atoms with Gasteiger partial charge in [0, 0.05) is 34.8 Å². The largest absolute Gasteiger partial charge is 0.493 e. The molecule has 0 bridgehead atoms. The minimum Gasteiger partial charge on any atom is -0.493 e. The molecule has 262 valence electrons. The van der Waals surface area contributed by atoms with Crippen molar-refractivity contribution in [2.75, 3.05) is 41.5 Å². The first kappa shape index (κ1) is 34.9. The molecule has 8 rings (SSSR count). The summed E-state index contributed by atoms with van der Waals surface area (Å²) < 4.78 is 24.3. The van der Waals surface area contributed by atoms with Crippen LogP contribution in [0.25, 0.3) is 21.5 Å². The molecule has 0 aliphatic carbocycles. The summed E-state index contributed by atoms with van der Waals surface area (Å²) in [6.07, 6.45) is 3.91. The summed E-state index contributed by atoms with van der Waals surface area (Å²) >= 11 is 3.79. The summed E-state index contributed by atoms with van der Waals surface area (Å²) in [7, 11) is 6.77. The Morgan fingerprint density at radius 1 is 0.588 bits per heavy atom. The topological polar surface area (TPSA) is 52.2 Å². The molecule has 0 amide bonds. The van der Waals surface area contributed by atoms with E-state index in [-0.39, 0.29) is 12.1 Å². The van der Waals surface area contributed by atoms with Gasteiger partial charge in [0.15, 0.2) is 23.0 Å². The molecule has 2 heterocycles. The van der Waals surface area contributed by atoms with Gasteiger partial charge >= 0.3 is 0 Å². The molecule has 0 spiro atoms. The number of nitrogens with zero attached hydrogens (tertiary/aromatic N) is 1. The van der Waals surface area contributed by atoms with Gasteiger partial charge in [0.2, 0.25) is 0 Å². The van der Waals surface area contributed by atoms with Crippen LogP contribution in [0.4, 0.5) is 0 Å². The first-order valence-corrected chi connectivity index (χ1v) is 18.3. The van der Waals surface area contributed by atoms with E-state index in [9.17, 15) is 0 Å². The summed E-state index contributed by atoms with van der Waals surface area (Å²) in [5, 5.41) is 8.92. The first-order valence-electron chi connectivity index (χ1n) is 17.6. The number of halogens is 1.